The summed E-state index contributed by atoms with van der Waals surface area (Å²) in [7, 11) is 0. The summed E-state index contributed by atoms with van der Waals surface area (Å²) in [5.41, 5.74) is 0.333. The van der Waals surface area contributed by atoms with E-state index in [0.717, 1.165) is 44.5 Å². The van der Waals surface area contributed by atoms with Crippen LogP contribution in [-0.2, 0) is 10.2 Å². The highest BCUT2D eigenvalue weighted by molar-refractivity contribution is 5.91. The van der Waals surface area contributed by atoms with Crippen molar-refractivity contribution in [3.05, 3.63) is 35.6 Å². The maximum atomic E-state index is 13.5. The smallest absolute Gasteiger partial charge is 0.230 e. The molecule has 2 fully saturated rings. The van der Waals surface area contributed by atoms with Gasteiger partial charge in [0.05, 0.1) is 5.41 Å². The molecule has 3 nitrogen and oxygen atoms in total. The highest BCUT2D eigenvalue weighted by atomic mass is 19.1. The maximum Gasteiger partial charge on any atom is 0.230 e. The van der Waals surface area contributed by atoms with E-state index in [1.807, 2.05) is 6.07 Å². The molecular weight excluding hydrogens is 291 g/mol. The Labute approximate surface area is 138 Å². The first-order valence-electron chi connectivity index (χ1n) is 8.93. The molecule has 2 aliphatic rings. The Morgan fingerprint density at radius 2 is 2.04 bits per heavy atom. The van der Waals surface area contributed by atoms with E-state index < -0.39 is 5.41 Å². The third-order valence-electron chi connectivity index (χ3n) is 5.32. The van der Waals surface area contributed by atoms with Gasteiger partial charge in [-0.1, -0.05) is 25.5 Å². The van der Waals surface area contributed by atoms with E-state index in [0.29, 0.717) is 0 Å². The molecule has 1 atom stereocenters. The number of rotatable bonds is 6. The molecule has 1 aromatic rings. The van der Waals surface area contributed by atoms with Crippen molar-refractivity contribution in [1.29, 1.82) is 0 Å². The average molecular weight is 318 g/mol. The predicted molar refractivity (Wildman–Crippen MR) is 89.8 cm³/mol. The summed E-state index contributed by atoms with van der Waals surface area (Å²) >= 11 is 0. The summed E-state index contributed by atoms with van der Waals surface area (Å²) in [6.07, 6.45) is 6.42. The van der Waals surface area contributed by atoms with Crippen LogP contribution in [0.2, 0.25) is 0 Å². The van der Waals surface area contributed by atoms with Crippen LogP contribution < -0.4 is 5.32 Å². The molecule has 0 spiro atoms. The Kier molecular flexibility index (Phi) is 5.00. The zero-order valence-electron chi connectivity index (χ0n) is 14.0. The van der Waals surface area contributed by atoms with Crippen molar-refractivity contribution in [3.63, 3.8) is 0 Å². The third-order valence-corrected chi connectivity index (χ3v) is 5.32. The lowest BCUT2D eigenvalue weighted by molar-refractivity contribution is -0.124. The summed E-state index contributed by atoms with van der Waals surface area (Å²) in [6, 6.07) is 6.71. The van der Waals surface area contributed by atoms with Gasteiger partial charge in [-0.25, -0.2) is 4.39 Å². The molecule has 1 aliphatic heterocycles. The molecule has 0 aromatic heterocycles. The van der Waals surface area contributed by atoms with Gasteiger partial charge in [-0.15, -0.1) is 0 Å². The Hall–Kier alpha value is -1.42. The van der Waals surface area contributed by atoms with E-state index in [1.165, 1.54) is 31.4 Å². The Morgan fingerprint density at radius 1 is 1.30 bits per heavy atom. The normalized spacial score (nSPS) is 21.7. The molecular formula is C19H27FN2O. The average Bonchev–Trinajstić information content (AvgIpc) is 3.37. The molecule has 1 aromatic carbocycles. The molecule has 3 rings (SSSR count). The largest absolute Gasteiger partial charge is 0.351 e. The number of hydrogen-bond acceptors (Lipinski definition) is 2. The zero-order valence-corrected chi connectivity index (χ0v) is 14.0. The number of nitrogens with one attached hydrogen (secondary N) is 1. The Morgan fingerprint density at radius 3 is 2.65 bits per heavy atom. The van der Waals surface area contributed by atoms with Crippen LogP contribution in [-0.4, -0.2) is 36.5 Å². The zero-order chi connectivity index (χ0) is 16.3. The highest BCUT2D eigenvalue weighted by Crippen LogP contribution is 2.48. The van der Waals surface area contributed by atoms with Crippen LogP contribution >= 0.6 is 0 Å². The first kappa shape index (κ1) is 16.4. The summed E-state index contributed by atoms with van der Waals surface area (Å²) in [4.78, 5) is 15.3. The van der Waals surface area contributed by atoms with Crippen molar-refractivity contribution in [1.82, 2.24) is 10.2 Å². The molecule has 1 saturated carbocycles. The number of halogens is 1. The lowest BCUT2D eigenvalue weighted by Crippen LogP contribution is -2.48. The molecule has 23 heavy (non-hydrogen) atoms. The van der Waals surface area contributed by atoms with Gasteiger partial charge in [0, 0.05) is 12.6 Å². The van der Waals surface area contributed by atoms with Crippen LogP contribution in [0, 0.1) is 5.82 Å². The van der Waals surface area contributed by atoms with E-state index in [4.69, 9.17) is 0 Å². The minimum Gasteiger partial charge on any atom is -0.351 e. The van der Waals surface area contributed by atoms with E-state index in [2.05, 4.69) is 17.1 Å². The number of carbonyl (C=O) groups is 1. The van der Waals surface area contributed by atoms with Crippen LogP contribution in [0.1, 0.15) is 51.0 Å². The minimum absolute atomic E-state index is 0.0759. The van der Waals surface area contributed by atoms with Crippen molar-refractivity contribution in [2.45, 2.75) is 56.9 Å². The van der Waals surface area contributed by atoms with E-state index >= 15 is 0 Å². The van der Waals surface area contributed by atoms with Gasteiger partial charge >= 0.3 is 0 Å². The van der Waals surface area contributed by atoms with Crippen LogP contribution in [0.3, 0.4) is 0 Å². The summed E-state index contributed by atoms with van der Waals surface area (Å²) in [5, 5.41) is 3.23. The standard InChI is InChI=1S/C19H27FN2O/c1-2-17(14-22-11-4-3-5-12-22)21-18(23)19(9-10-19)15-7-6-8-16(20)13-15/h6-8,13,17H,2-5,9-12,14H2,1H3,(H,21,23)/t17-/m0/s1. The first-order chi connectivity index (χ1) is 11.1. The van der Waals surface area contributed by atoms with E-state index in [1.54, 1.807) is 6.07 Å². The molecule has 1 saturated heterocycles. The van der Waals surface area contributed by atoms with Crippen molar-refractivity contribution < 1.29 is 9.18 Å². The second kappa shape index (κ2) is 7.00. The molecule has 1 amide bonds. The number of amides is 1. The molecule has 4 heteroatoms. The molecule has 0 bridgehead atoms. The van der Waals surface area contributed by atoms with Crippen molar-refractivity contribution in [3.8, 4) is 0 Å². The molecule has 0 radical (unpaired) electrons. The van der Waals surface area contributed by atoms with Gasteiger partial charge in [0.2, 0.25) is 5.91 Å². The number of piperidine rings is 1. The predicted octanol–water partition coefficient (Wildman–Crippen LogP) is 3.24. The second-order valence-electron chi connectivity index (χ2n) is 7.03. The topological polar surface area (TPSA) is 32.3 Å². The third kappa shape index (κ3) is 3.74. The van der Waals surface area contributed by atoms with Gasteiger partial charge in [0.15, 0.2) is 0 Å². The van der Waals surface area contributed by atoms with Crippen LogP contribution in [0.25, 0.3) is 0 Å². The number of carbonyl (C=O) groups excluding carboxylic acids is 1. The van der Waals surface area contributed by atoms with Gasteiger partial charge in [0.25, 0.3) is 0 Å². The number of likely N-dealkylation sites (tertiary alicyclic amines) is 1. The quantitative estimate of drug-likeness (QED) is 0.873. The van der Waals surface area contributed by atoms with Gasteiger partial charge in [-0.05, 0) is 62.9 Å². The Bertz CT molecular complexity index is 550. The molecule has 1 aliphatic carbocycles. The lowest BCUT2D eigenvalue weighted by Gasteiger charge is -2.31. The van der Waals surface area contributed by atoms with Crippen molar-refractivity contribution in [2.24, 2.45) is 0 Å². The highest BCUT2D eigenvalue weighted by Gasteiger charge is 2.51. The fourth-order valence-electron chi connectivity index (χ4n) is 3.61. The van der Waals surface area contributed by atoms with E-state index in [-0.39, 0.29) is 17.8 Å². The Balaban J connectivity index is 1.62. The van der Waals surface area contributed by atoms with Crippen molar-refractivity contribution >= 4 is 5.91 Å². The first-order valence-corrected chi connectivity index (χ1v) is 8.93. The second-order valence-corrected chi connectivity index (χ2v) is 7.03. The lowest BCUT2D eigenvalue weighted by atomic mass is 9.94. The monoisotopic (exact) mass is 318 g/mol. The number of benzene rings is 1. The summed E-state index contributed by atoms with van der Waals surface area (Å²) in [5.74, 6) is -0.186. The van der Waals surface area contributed by atoms with Gasteiger partial charge < -0.3 is 10.2 Å². The van der Waals surface area contributed by atoms with Gasteiger partial charge in [0.1, 0.15) is 5.82 Å². The molecule has 1 heterocycles. The van der Waals surface area contributed by atoms with Crippen LogP contribution in [0.4, 0.5) is 4.39 Å². The SMILES string of the molecule is CC[C@@H](CN1CCCCC1)NC(=O)C1(c2cccc(F)c2)CC1. The summed E-state index contributed by atoms with van der Waals surface area (Å²) < 4.78 is 13.5. The molecule has 126 valence electrons. The van der Waals surface area contributed by atoms with Gasteiger partial charge in [-0.3, -0.25) is 4.79 Å². The molecule has 1 N–H and O–H groups in total. The van der Waals surface area contributed by atoms with E-state index in [9.17, 15) is 9.18 Å². The fourth-order valence-corrected chi connectivity index (χ4v) is 3.61. The number of nitrogens with zero attached hydrogens (tertiary/aromatic N) is 1. The minimum atomic E-state index is -0.489. The summed E-state index contributed by atoms with van der Waals surface area (Å²) in [6.45, 7) is 5.33. The fraction of sp³-hybridized carbons (Fsp3) is 0.632. The number of hydrogen-bond donors (Lipinski definition) is 1. The molecule has 0 unspecified atom stereocenters. The van der Waals surface area contributed by atoms with Crippen LogP contribution in [0.5, 0.6) is 0 Å². The maximum absolute atomic E-state index is 13.5. The van der Waals surface area contributed by atoms with Crippen LogP contribution in [0.15, 0.2) is 24.3 Å². The van der Waals surface area contributed by atoms with Gasteiger partial charge in [-0.2, -0.15) is 0 Å². The van der Waals surface area contributed by atoms with Crippen molar-refractivity contribution in [2.75, 3.05) is 19.6 Å².